The van der Waals surface area contributed by atoms with Gasteiger partial charge in [0.2, 0.25) is 6.79 Å². The van der Waals surface area contributed by atoms with E-state index in [1.165, 1.54) is 12.1 Å². The molecular formula is C27H26FN3O3. The standard InChI is InChI=1S/C27H26FN3O3/c1-18(2)14-30(27(32)20-10-11-24-25(13-20)34-17-33-24)16-26-29-22-8-3-4-9-23(22)31(26)15-19-6-5-7-21(28)12-19/h3-13,18H,14-17H2,1-2H3. The Morgan fingerprint density at radius 1 is 1.06 bits per heavy atom. The zero-order valence-electron chi connectivity index (χ0n) is 19.2. The largest absolute Gasteiger partial charge is 0.454 e. The number of aromatic nitrogens is 2. The average molecular weight is 460 g/mol. The summed E-state index contributed by atoms with van der Waals surface area (Å²) in [6, 6.07) is 19.7. The van der Waals surface area contributed by atoms with Gasteiger partial charge in [0.1, 0.15) is 11.6 Å². The molecule has 2 heterocycles. The van der Waals surface area contributed by atoms with Crippen LogP contribution in [-0.2, 0) is 13.1 Å². The van der Waals surface area contributed by atoms with Gasteiger partial charge in [-0.3, -0.25) is 4.79 Å². The van der Waals surface area contributed by atoms with Gasteiger partial charge in [0.15, 0.2) is 11.5 Å². The lowest BCUT2D eigenvalue weighted by atomic mass is 10.1. The summed E-state index contributed by atoms with van der Waals surface area (Å²) in [5.41, 5.74) is 3.16. The third-order valence-electron chi connectivity index (χ3n) is 5.79. The zero-order valence-corrected chi connectivity index (χ0v) is 19.2. The number of carbonyl (C=O) groups excluding carboxylic acids is 1. The predicted octanol–water partition coefficient (Wildman–Crippen LogP) is 5.25. The van der Waals surface area contributed by atoms with E-state index in [1.807, 2.05) is 35.2 Å². The zero-order chi connectivity index (χ0) is 23.7. The summed E-state index contributed by atoms with van der Waals surface area (Å²) < 4.78 is 26.8. The molecule has 0 saturated carbocycles. The summed E-state index contributed by atoms with van der Waals surface area (Å²) in [6.07, 6.45) is 0. The molecule has 0 atom stereocenters. The SMILES string of the molecule is CC(C)CN(Cc1nc2ccccc2n1Cc1cccc(F)c1)C(=O)c1ccc2c(c1)OCO2. The number of hydrogen-bond donors (Lipinski definition) is 0. The third-order valence-corrected chi connectivity index (χ3v) is 5.79. The van der Waals surface area contributed by atoms with Gasteiger partial charge in [0, 0.05) is 18.7 Å². The molecule has 1 amide bonds. The highest BCUT2D eigenvalue weighted by Crippen LogP contribution is 2.33. The molecule has 0 saturated heterocycles. The Morgan fingerprint density at radius 2 is 1.88 bits per heavy atom. The van der Waals surface area contributed by atoms with Crippen molar-refractivity contribution in [1.82, 2.24) is 14.5 Å². The second-order valence-corrected chi connectivity index (χ2v) is 8.88. The molecular weight excluding hydrogens is 433 g/mol. The number of fused-ring (bicyclic) bond motifs is 2. The van der Waals surface area contributed by atoms with E-state index in [1.54, 1.807) is 24.3 Å². The molecule has 34 heavy (non-hydrogen) atoms. The van der Waals surface area contributed by atoms with E-state index in [2.05, 4.69) is 18.4 Å². The van der Waals surface area contributed by atoms with Crippen molar-refractivity contribution in [3.63, 3.8) is 0 Å². The average Bonchev–Trinajstić information content (AvgIpc) is 3.42. The molecule has 0 fully saturated rings. The van der Waals surface area contributed by atoms with Gasteiger partial charge in [-0.25, -0.2) is 9.37 Å². The van der Waals surface area contributed by atoms with Crippen molar-refractivity contribution in [3.8, 4) is 11.5 Å². The van der Waals surface area contributed by atoms with Crippen molar-refractivity contribution in [2.45, 2.75) is 26.9 Å². The molecule has 3 aromatic carbocycles. The Morgan fingerprint density at radius 3 is 2.71 bits per heavy atom. The molecule has 1 aromatic heterocycles. The fraction of sp³-hybridized carbons (Fsp3) is 0.259. The molecule has 0 spiro atoms. The number of para-hydroxylation sites is 2. The summed E-state index contributed by atoms with van der Waals surface area (Å²) in [7, 11) is 0. The lowest BCUT2D eigenvalue weighted by molar-refractivity contribution is 0.0716. The first-order valence-corrected chi connectivity index (χ1v) is 11.4. The summed E-state index contributed by atoms with van der Waals surface area (Å²) >= 11 is 0. The van der Waals surface area contributed by atoms with Crippen molar-refractivity contribution in [3.05, 3.63) is 89.5 Å². The number of ether oxygens (including phenoxy) is 2. The number of halogens is 1. The topological polar surface area (TPSA) is 56.6 Å². The van der Waals surface area contributed by atoms with Crippen LogP contribution >= 0.6 is 0 Å². The van der Waals surface area contributed by atoms with Gasteiger partial charge in [0.25, 0.3) is 5.91 Å². The van der Waals surface area contributed by atoms with Gasteiger partial charge in [-0.15, -0.1) is 0 Å². The Labute approximate surface area is 197 Å². The van der Waals surface area contributed by atoms with Crippen LogP contribution in [0.2, 0.25) is 0 Å². The lowest BCUT2D eigenvalue weighted by Crippen LogP contribution is -2.34. The number of nitrogens with zero attached hydrogens (tertiary/aromatic N) is 3. The number of benzene rings is 3. The van der Waals surface area contributed by atoms with Crippen LogP contribution < -0.4 is 9.47 Å². The Kier molecular flexibility index (Phi) is 5.92. The maximum absolute atomic E-state index is 13.9. The molecule has 0 aliphatic carbocycles. The van der Waals surface area contributed by atoms with Crippen molar-refractivity contribution in [2.75, 3.05) is 13.3 Å². The van der Waals surface area contributed by atoms with E-state index in [0.29, 0.717) is 36.7 Å². The van der Waals surface area contributed by atoms with Gasteiger partial charge < -0.3 is 18.9 Å². The predicted molar refractivity (Wildman–Crippen MR) is 127 cm³/mol. The molecule has 1 aliphatic heterocycles. The number of carbonyl (C=O) groups is 1. The van der Waals surface area contributed by atoms with Crippen molar-refractivity contribution >= 4 is 16.9 Å². The molecule has 0 bridgehead atoms. The van der Waals surface area contributed by atoms with Crippen LogP contribution in [0.25, 0.3) is 11.0 Å². The molecule has 6 nitrogen and oxygen atoms in total. The Bertz CT molecular complexity index is 1350. The first-order valence-electron chi connectivity index (χ1n) is 11.4. The molecule has 5 rings (SSSR count). The highest BCUT2D eigenvalue weighted by atomic mass is 19.1. The highest BCUT2D eigenvalue weighted by Gasteiger charge is 2.23. The molecule has 1 aliphatic rings. The van der Waals surface area contributed by atoms with Gasteiger partial charge >= 0.3 is 0 Å². The first kappa shape index (κ1) is 21.9. The van der Waals surface area contributed by atoms with Gasteiger partial charge in [-0.1, -0.05) is 38.1 Å². The molecule has 7 heteroatoms. The summed E-state index contributed by atoms with van der Waals surface area (Å²) in [5, 5.41) is 0. The molecule has 0 radical (unpaired) electrons. The Balaban J connectivity index is 1.50. The maximum Gasteiger partial charge on any atom is 0.254 e. The van der Waals surface area contributed by atoms with E-state index in [9.17, 15) is 9.18 Å². The number of amides is 1. The van der Waals surface area contributed by atoms with Gasteiger partial charge in [0.05, 0.1) is 17.6 Å². The van der Waals surface area contributed by atoms with Gasteiger partial charge in [-0.2, -0.15) is 0 Å². The lowest BCUT2D eigenvalue weighted by Gasteiger charge is -2.25. The van der Waals surface area contributed by atoms with E-state index >= 15 is 0 Å². The van der Waals surface area contributed by atoms with Gasteiger partial charge in [-0.05, 0) is 53.9 Å². The van der Waals surface area contributed by atoms with Crippen LogP contribution in [0.15, 0.2) is 66.7 Å². The third kappa shape index (κ3) is 4.46. The Hall–Kier alpha value is -3.87. The fourth-order valence-electron chi connectivity index (χ4n) is 4.28. The smallest absolute Gasteiger partial charge is 0.254 e. The van der Waals surface area contributed by atoms with Crippen molar-refractivity contribution < 1.29 is 18.7 Å². The monoisotopic (exact) mass is 459 g/mol. The molecule has 4 aromatic rings. The first-order chi connectivity index (χ1) is 16.5. The van der Waals surface area contributed by atoms with Crippen LogP contribution in [-0.4, -0.2) is 33.7 Å². The number of rotatable bonds is 7. The van der Waals surface area contributed by atoms with Crippen LogP contribution in [0.1, 0.15) is 35.6 Å². The van der Waals surface area contributed by atoms with Crippen LogP contribution in [0.5, 0.6) is 11.5 Å². The summed E-state index contributed by atoms with van der Waals surface area (Å²) in [6.45, 7) is 5.67. The normalized spacial score (nSPS) is 12.5. The maximum atomic E-state index is 13.9. The van der Waals surface area contributed by atoms with Crippen LogP contribution in [0, 0.1) is 11.7 Å². The van der Waals surface area contributed by atoms with E-state index in [4.69, 9.17) is 14.5 Å². The highest BCUT2D eigenvalue weighted by molar-refractivity contribution is 5.95. The van der Waals surface area contributed by atoms with Crippen molar-refractivity contribution in [2.24, 2.45) is 5.92 Å². The minimum Gasteiger partial charge on any atom is -0.454 e. The molecule has 174 valence electrons. The molecule has 0 N–H and O–H groups in total. The van der Waals surface area contributed by atoms with E-state index in [0.717, 1.165) is 22.4 Å². The van der Waals surface area contributed by atoms with E-state index < -0.39 is 0 Å². The van der Waals surface area contributed by atoms with Crippen LogP contribution in [0.4, 0.5) is 4.39 Å². The second-order valence-electron chi connectivity index (χ2n) is 8.88. The summed E-state index contributed by atoms with van der Waals surface area (Å²) in [5.74, 6) is 1.86. The van der Waals surface area contributed by atoms with Crippen molar-refractivity contribution in [1.29, 1.82) is 0 Å². The minimum absolute atomic E-state index is 0.101. The summed E-state index contributed by atoms with van der Waals surface area (Å²) in [4.78, 5) is 20.2. The fourth-order valence-corrected chi connectivity index (χ4v) is 4.28. The second kappa shape index (κ2) is 9.17. The minimum atomic E-state index is -0.275. The molecule has 0 unspecified atom stereocenters. The van der Waals surface area contributed by atoms with Crippen LogP contribution in [0.3, 0.4) is 0 Å². The van der Waals surface area contributed by atoms with E-state index in [-0.39, 0.29) is 24.4 Å². The number of imidazole rings is 1. The quantitative estimate of drug-likeness (QED) is 0.379. The number of hydrogen-bond acceptors (Lipinski definition) is 4.